The molecular formula is C16H25FN2. The lowest BCUT2D eigenvalue weighted by Crippen LogP contribution is -2.43. The molecule has 0 aliphatic carbocycles. The molecule has 1 aliphatic rings. The third-order valence-electron chi connectivity index (χ3n) is 4.67. The van der Waals surface area contributed by atoms with Crippen molar-refractivity contribution in [1.82, 2.24) is 4.90 Å². The summed E-state index contributed by atoms with van der Waals surface area (Å²) in [6, 6.07) is 5.85. The molecule has 2 nitrogen and oxygen atoms in total. The van der Waals surface area contributed by atoms with Crippen molar-refractivity contribution in [2.75, 3.05) is 19.6 Å². The van der Waals surface area contributed by atoms with Crippen LogP contribution in [0.25, 0.3) is 0 Å². The molecule has 1 aromatic carbocycles. The maximum atomic E-state index is 13.7. The van der Waals surface area contributed by atoms with Crippen molar-refractivity contribution in [1.29, 1.82) is 0 Å². The van der Waals surface area contributed by atoms with E-state index < -0.39 is 0 Å². The Morgan fingerprint density at radius 3 is 2.84 bits per heavy atom. The van der Waals surface area contributed by atoms with Crippen molar-refractivity contribution >= 4 is 0 Å². The molecule has 1 heterocycles. The molecule has 1 saturated heterocycles. The third-order valence-corrected chi connectivity index (χ3v) is 4.67. The molecular weight excluding hydrogens is 239 g/mol. The number of nitrogens with two attached hydrogens (primary N) is 1. The second-order valence-electron chi connectivity index (χ2n) is 5.94. The summed E-state index contributed by atoms with van der Waals surface area (Å²) in [6.07, 6.45) is 1.18. The number of halogens is 1. The van der Waals surface area contributed by atoms with Crippen LogP contribution in [0.2, 0.25) is 0 Å². The standard InChI is InChI=1S/C16H25FN2/c1-11-6-7-19(10-15(11)9-18)13(3)14-5-4-12(2)16(17)8-14/h4-5,8,11,13,15H,6-7,9-10,18H2,1-3H3. The number of likely N-dealkylation sites (tertiary alicyclic amines) is 1. The lowest BCUT2D eigenvalue weighted by molar-refractivity contribution is 0.0977. The maximum absolute atomic E-state index is 13.7. The summed E-state index contributed by atoms with van der Waals surface area (Å²) in [5.74, 6) is 1.15. The van der Waals surface area contributed by atoms with Crippen LogP contribution in [0.4, 0.5) is 4.39 Å². The minimum Gasteiger partial charge on any atom is -0.330 e. The van der Waals surface area contributed by atoms with E-state index >= 15 is 0 Å². The summed E-state index contributed by atoms with van der Waals surface area (Å²) in [5.41, 5.74) is 7.63. The SMILES string of the molecule is Cc1ccc(C(C)N2CCC(C)C(CN)C2)cc1F. The quantitative estimate of drug-likeness (QED) is 0.909. The number of hydrogen-bond acceptors (Lipinski definition) is 2. The van der Waals surface area contributed by atoms with Gasteiger partial charge in [-0.15, -0.1) is 0 Å². The van der Waals surface area contributed by atoms with Crippen LogP contribution in [0.5, 0.6) is 0 Å². The van der Waals surface area contributed by atoms with Gasteiger partial charge in [0.05, 0.1) is 0 Å². The van der Waals surface area contributed by atoms with Crippen LogP contribution < -0.4 is 5.73 Å². The van der Waals surface area contributed by atoms with Crippen LogP contribution in [-0.4, -0.2) is 24.5 Å². The fourth-order valence-corrected chi connectivity index (χ4v) is 2.92. The lowest BCUT2D eigenvalue weighted by atomic mass is 9.86. The normalized spacial score (nSPS) is 26.4. The van der Waals surface area contributed by atoms with E-state index in [1.807, 2.05) is 12.1 Å². The predicted octanol–water partition coefficient (Wildman–Crippen LogP) is 3.11. The number of aryl methyl sites for hydroxylation is 1. The Labute approximate surface area is 115 Å². The molecule has 2 rings (SSSR count). The van der Waals surface area contributed by atoms with E-state index in [1.165, 1.54) is 6.42 Å². The number of hydrogen-bond donors (Lipinski definition) is 1. The van der Waals surface area contributed by atoms with E-state index in [1.54, 1.807) is 13.0 Å². The van der Waals surface area contributed by atoms with Crippen molar-refractivity contribution in [3.63, 3.8) is 0 Å². The molecule has 0 aromatic heterocycles. The summed E-state index contributed by atoms with van der Waals surface area (Å²) < 4.78 is 13.7. The van der Waals surface area contributed by atoms with Gasteiger partial charge in [0.1, 0.15) is 5.82 Å². The van der Waals surface area contributed by atoms with Gasteiger partial charge < -0.3 is 5.73 Å². The molecule has 1 aromatic rings. The number of piperidine rings is 1. The predicted molar refractivity (Wildman–Crippen MR) is 77.5 cm³/mol. The first kappa shape index (κ1) is 14.5. The minimum absolute atomic E-state index is 0.106. The molecule has 1 aliphatic heterocycles. The van der Waals surface area contributed by atoms with Crippen LogP contribution in [0.15, 0.2) is 18.2 Å². The van der Waals surface area contributed by atoms with Crippen molar-refractivity contribution in [3.8, 4) is 0 Å². The van der Waals surface area contributed by atoms with Crippen LogP contribution in [0, 0.1) is 24.6 Å². The van der Waals surface area contributed by atoms with Crippen LogP contribution in [-0.2, 0) is 0 Å². The molecule has 0 spiro atoms. The molecule has 106 valence electrons. The van der Waals surface area contributed by atoms with Gasteiger partial charge in [-0.2, -0.15) is 0 Å². The highest BCUT2D eigenvalue weighted by Gasteiger charge is 2.28. The van der Waals surface area contributed by atoms with E-state index in [0.717, 1.165) is 25.2 Å². The van der Waals surface area contributed by atoms with Crippen molar-refractivity contribution < 1.29 is 4.39 Å². The molecule has 0 radical (unpaired) electrons. The zero-order valence-electron chi connectivity index (χ0n) is 12.2. The second-order valence-corrected chi connectivity index (χ2v) is 5.94. The lowest BCUT2D eigenvalue weighted by Gasteiger charge is -2.40. The summed E-state index contributed by atoms with van der Waals surface area (Å²) >= 11 is 0. The third kappa shape index (κ3) is 3.15. The van der Waals surface area contributed by atoms with Crippen molar-refractivity contribution in [2.45, 2.75) is 33.2 Å². The van der Waals surface area contributed by atoms with Crippen LogP contribution in [0.3, 0.4) is 0 Å². The molecule has 0 saturated carbocycles. The van der Waals surface area contributed by atoms with E-state index in [2.05, 4.69) is 18.7 Å². The number of benzene rings is 1. The highest BCUT2D eigenvalue weighted by molar-refractivity contribution is 5.25. The van der Waals surface area contributed by atoms with Crippen molar-refractivity contribution in [3.05, 3.63) is 35.1 Å². The Kier molecular flexibility index (Phi) is 4.58. The van der Waals surface area contributed by atoms with Gasteiger partial charge in [0.15, 0.2) is 0 Å². The van der Waals surface area contributed by atoms with Gasteiger partial charge in [0, 0.05) is 12.6 Å². The zero-order valence-corrected chi connectivity index (χ0v) is 12.2. The first-order chi connectivity index (χ1) is 9.02. The molecule has 3 unspecified atom stereocenters. The number of rotatable bonds is 3. The Hall–Kier alpha value is -0.930. The summed E-state index contributed by atoms with van der Waals surface area (Å²) in [7, 11) is 0. The molecule has 19 heavy (non-hydrogen) atoms. The average Bonchev–Trinajstić information content (AvgIpc) is 2.41. The Balaban J connectivity index is 2.10. The van der Waals surface area contributed by atoms with Gasteiger partial charge in [0.25, 0.3) is 0 Å². The van der Waals surface area contributed by atoms with Gasteiger partial charge in [-0.3, -0.25) is 4.90 Å². The fraction of sp³-hybridized carbons (Fsp3) is 0.625. The molecule has 0 amide bonds. The fourth-order valence-electron chi connectivity index (χ4n) is 2.92. The van der Waals surface area contributed by atoms with Gasteiger partial charge >= 0.3 is 0 Å². The monoisotopic (exact) mass is 264 g/mol. The molecule has 3 atom stereocenters. The summed E-state index contributed by atoms with van der Waals surface area (Å²) in [4.78, 5) is 2.43. The van der Waals surface area contributed by atoms with Gasteiger partial charge in [0.2, 0.25) is 0 Å². The molecule has 1 fully saturated rings. The highest BCUT2D eigenvalue weighted by Crippen LogP contribution is 2.29. The van der Waals surface area contributed by atoms with E-state index in [-0.39, 0.29) is 11.9 Å². The topological polar surface area (TPSA) is 29.3 Å². The smallest absolute Gasteiger partial charge is 0.126 e. The Morgan fingerprint density at radius 2 is 2.21 bits per heavy atom. The Morgan fingerprint density at radius 1 is 1.47 bits per heavy atom. The average molecular weight is 264 g/mol. The highest BCUT2D eigenvalue weighted by atomic mass is 19.1. The minimum atomic E-state index is -0.106. The Bertz CT molecular complexity index is 433. The van der Waals surface area contributed by atoms with E-state index in [9.17, 15) is 4.39 Å². The van der Waals surface area contributed by atoms with Crippen LogP contribution >= 0.6 is 0 Å². The summed E-state index contributed by atoms with van der Waals surface area (Å²) in [5, 5.41) is 0. The van der Waals surface area contributed by atoms with E-state index in [4.69, 9.17) is 5.73 Å². The molecule has 0 bridgehead atoms. The summed E-state index contributed by atoms with van der Waals surface area (Å²) in [6.45, 7) is 9.09. The van der Waals surface area contributed by atoms with Crippen molar-refractivity contribution in [2.24, 2.45) is 17.6 Å². The van der Waals surface area contributed by atoms with Gasteiger partial charge in [-0.05, 0) is 62.4 Å². The van der Waals surface area contributed by atoms with Gasteiger partial charge in [-0.25, -0.2) is 4.39 Å². The maximum Gasteiger partial charge on any atom is 0.126 e. The number of nitrogens with zero attached hydrogens (tertiary/aromatic N) is 1. The molecule has 3 heteroatoms. The van der Waals surface area contributed by atoms with Gasteiger partial charge in [-0.1, -0.05) is 19.1 Å². The molecule has 2 N–H and O–H groups in total. The van der Waals surface area contributed by atoms with E-state index in [0.29, 0.717) is 17.4 Å². The van der Waals surface area contributed by atoms with Crippen LogP contribution in [0.1, 0.15) is 37.4 Å². The zero-order chi connectivity index (χ0) is 14.0. The largest absolute Gasteiger partial charge is 0.330 e. The second kappa shape index (κ2) is 6.02. The first-order valence-electron chi connectivity index (χ1n) is 7.23. The first-order valence-corrected chi connectivity index (χ1v) is 7.23.